The molecule has 0 radical (unpaired) electrons. The molecule has 0 bridgehead atoms. The summed E-state index contributed by atoms with van der Waals surface area (Å²) in [5.74, 6) is 0.649. The lowest BCUT2D eigenvalue weighted by Gasteiger charge is -2.33. The van der Waals surface area contributed by atoms with Gasteiger partial charge in [0.05, 0.1) is 12.2 Å². The monoisotopic (exact) mass is 250 g/mol. The van der Waals surface area contributed by atoms with Crippen LogP contribution in [0.2, 0.25) is 0 Å². The highest BCUT2D eigenvalue weighted by molar-refractivity contribution is 5.96. The minimum atomic E-state index is -0.0607. The number of fused-ring (bicyclic) bond motifs is 1. The number of benzene rings is 1. The van der Waals surface area contributed by atoms with Crippen LogP contribution in [0.5, 0.6) is 5.75 Å². The van der Waals surface area contributed by atoms with Gasteiger partial charge >= 0.3 is 0 Å². The third-order valence-corrected chi connectivity index (χ3v) is 2.89. The third-order valence-electron chi connectivity index (χ3n) is 2.89. The van der Waals surface area contributed by atoms with E-state index in [-0.39, 0.29) is 18.6 Å². The van der Waals surface area contributed by atoms with Crippen molar-refractivity contribution in [2.75, 3.05) is 25.2 Å². The van der Waals surface area contributed by atoms with Crippen LogP contribution in [0.1, 0.15) is 12.5 Å². The van der Waals surface area contributed by atoms with Gasteiger partial charge in [0.2, 0.25) is 0 Å². The first-order valence-electron chi connectivity index (χ1n) is 5.94. The first-order chi connectivity index (χ1) is 8.65. The van der Waals surface area contributed by atoms with Crippen molar-refractivity contribution in [1.82, 2.24) is 0 Å². The van der Waals surface area contributed by atoms with Gasteiger partial charge < -0.3 is 20.1 Å². The Balaban J connectivity index is 2.33. The molecule has 1 amide bonds. The molecular weight excluding hydrogens is 232 g/mol. The second kappa shape index (κ2) is 5.37. The van der Waals surface area contributed by atoms with E-state index in [1.54, 1.807) is 4.90 Å². The number of anilines is 1. The third kappa shape index (κ3) is 2.47. The van der Waals surface area contributed by atoms with Crippen molar-refractivity contribution in [3.05, 3.63) is 23.8 Å². The number of rotatable bonds is 3. The summed E-state index contributed by atoms with van der Waals surface area (Å²) in [6, 6.07) is 5.67. The second-order valence-corrected chi connectivity index (χ2v) is 4.37. The number of nitrogens with zero attached hydrogens (tertiary/aromatic N) is 1. The Bertz CT molecular complexity index is 448. The van der Waals surface area contributed by atoms with E-state index >= 15 is 0 Å². The van der Waals surface area contributed by atoms with Crippen molar-refractivity contribution >= 4 is 11.6 Å². The highest BCUT2D eigenvalue weighted by Crippen LogP contribution is 2.34. The summed E-state index contributed by atoms with van der Waals surface area (Å²) in [6.07, 6.45) is -0.0358. The number of hydrogen-bond acceptors (Lipinski definition) is 4. The Labute approximate surface area is 106 Å². The van der Waals surface area contributed by atoms with Crippen molar-refractivity contribution in [2.24, 2.45) is 5.73 Å². The van der Waals surface area contributed by atoms with E-state index in [9.17, 15) is 4.79 Å². The molecule has 1 heterocycles. The smallest absolute Gasteiger partial charge is 0.253 e. The molecule has 0 saturated heterocycles. The van der Waals surface area contributed by atoms with E-state index in [0.717, 1.165) is 11.3 Å². The maximum Gasteiger partial charge on any atom is 0.253 e. The Morgan fingerprint density at radius 3 is 3.06 bits per heavy atom. The minimum Gasteiger partial charge on any atom is -0.487 e. The van der Waals surface area contributed by atoms with Gasteiger partial charge in [0.25, 0.3) is 5.91 Å². The fourth-order valence-electron chi connectivity index (χ4n) is 2.05. The molecule has 2 N–H and O–H groups in total. The summed E-state index contributed by atoms with van der Waals surface area (Å²) in [6.45, 7) is 3.00. The zero-order valence-electron chi connectivity index (χ0n) is 10.7. The lowest BCUT2D eigenvalue weighted by atomic mass is 10.1. The van der Waals surface area contributed by atoms with Gasteiger partial charge in [0.1, 0.15) is 18.5 Å². The molecule has 98 valence electrons. The van der Waals surface area contributed by atoms with E-state index in [4.69, 9.17) is 15.2 Å². The molecule has 1 aliphatic heterocycles. The van der Waals surface area contributed by atoms with Crippen molar-refractivity contribution in [3.63, 3.8) is 0 Å². The molecule has 1 aromatic carbocycles. The van der Waals surface area contributed by atoms with E-state index in [2.05, 4.69) is 0 Å². The summed E-state index contributed by atoms with van der Waals surface area (Å²) >= 11 is 0. The Hall–Kier alpha value is -1.59. The standard InChI is InChI=1S/C13H18N2O3/c1-9-7-15(13(16)8-17-2)11-4-3-10(6-14)5-12(11)18-9/h3-5,9H,6-8,14H2,1-2H3. The molecule has 1 atom stereocenters. The van der Waals surface area contributed by atoms with Gasteiger partial charge in [-0.1, -0.05) is 6.07 Å². The molecule has 0 aromatic heterocycles. The lowest BCUT2D eigenvalue weighted by Crippen LogP contribution is -2.43. The number of methoxy groups -OCH3 is 1. The Kier molecular flexibility index (Phi) is 3.84. The molecule has 0 aliphatic carbocycles. The van der Waals surface area contributed by atoms with Crippen LogP contribution in [-0.4, -0.2) is 32.3 Å². The zero-order valence-corrected chi connectivity index (χ0v) is 10.7. The van der Waals surface area contributed by atoms with Gasteiger partial charge in [0.15, 0.2) is 0 Å². The number of carbonyl (C=O) groups excluding carboxylic acids is 1. The topological polar surface area (TPSA) is 64.8 Å². The van der Waals surface area contributed by atoms with Crippen LogP contribution in [-0.2, 0) is 16.1 Å². The second-order valence-electron chi connectivity index (χ2n) is 4.37. The molecule has 1 aliphatic rings. The van der Waals surface area contributed by atoms with E-state index in [1.165, 1.54) is 7.11 Å². The molecule has 1 aromatic rings. The summed E-state index contributed by atoms with van der Waals surface area (Å²) < 4.78 is 10.6. The molecule has 1 unspecified atom stereocenters. The van der Waals surface area contributed by atoms with Crippen molar-refractivity contribution < 1.29 is 14.3 Å². The van der Waals surface area contributed by atoms with E-state index < -0.39 is 0 Å². The van der Waals surface area contributed by atoms with Crippen molar-refractivity contribution in [2.45, 2.75) is 19.6 Å². The molecule has 0 saturated carbocycles. The van der Waals surface area contributed by atoms with Gasteiger partial charge in [-0.15, -0.1) is 0 Å². The predicted molar refractivity (Wildman–Crippen MR) is 68.7 cm³/mol. The number of carbonyl (C=O) groups is 1. The van der Waals surface area contributed by atoms with E-state index in [1.807, 2.05) is 25.1 Å². The zero-order chi connectivity index (χ0) is 13.1. The summed E-state index contributed by atoms with van der Waals surface area (Å²) in [4.78, 5) is 13.7. The number of hydrogen-bond donors (Lipinski definition) is 1. The minimum absolute atomic E-state index is 0.0358. The molecule has 0 spiro atoms. The van der Waals surface area contributed by atoms with Crippen LogP contribution < -0.4 is 15.4 Å². The Morgan fingerprint density at radius 1 is 1.61 bits per heavy atom. The predicted octanol–water partition coefficient (Wildman–Crippen LogP) is 0.906. The largest absolute Gasteiger partial charge is 0.487 e. The van der Waals surface area contributed by atoms with Crippen LogP contribution in [0.4, 0.5) is 5.69 Å². The molecule has 2 rings (SSSR count). The maximum atomic E-state index is 12.0. The SMILES string of the molecule is COCC(=O)N1CC(C)Oc2cc(CN)ccc21. The molecule has 5 heteroatoms. The molecule has 18 heavy (non-hydrogen) atoms. The van der Waals surface area contributed by atoms with Crippen LogP contribution in [0.15, 0.2) is 18.2 Å². The van der Waals surface area contributed by atoms with Crippen LogP contribution in [0.25, 0.3) is 0 Å². The van der Waals surface area contributed by atoms with Crippen LogP contribution >= 0.6 is 0 Å². The fourth-order valence-corrected chi connectivity index (χ4v) is 2.05. The number of nitrogens with two attached hydrogens (primary N) is 1. The van der Waals surface area contributed by atoms with Gasteiger partial charge in [-0.3, -0.25) is 4.79 Å². The first kappa shape index (κ1) is 12.9. The highest BCUT2D eigenvalue weighted by atomic mass is 16.5. The van der Waals surface area contributed by atoms with Gasteiger partial charge in [-0.05, 0) is 24.6 Å². The fraction of sp³-hybridized carbons (Fsp3) is 0.462. The molecule has 5 nitrogen and oxygen atoms in total. The van der Waals surface area contributed by atoms with E-state index in [0.29, 0.717) is 18.8 Å². The quantitative estimate of drug-likeness (QED) is 0.866. The van der Waals surface area contributed by atoms with Crippen molar-refractivity contribution in [3.8, 4) is 5.75 Å². The highest BCUT2D eigenvalue weighted by Gasteiger charge is 2.27. The summed E-state index contributed by atoms with van der Waals surface area (Å²) in [7, 11) is 1.51. The Morgan fingerprint density at radius 2 is 2.39 bits per heavy atom. The molecular formula is C13H18N2O3. The average molecular weight is 250 g/mol. The number of ether oxygens (including phenoxy) is 2. The van der Waals surface area contributed by atoms with Crippen LogP contribution in [0, 0.1) is 0 Å². The van der Waals surface area contributed by atoms with Gasteiger partial charge in [0, 0.05) is 13.7 Å². The average Bonchev–Trinajstić information content (AvgIpc) is 2.37. The first-order valence-corrected chi connectivity index (χ1v) is 5.94. The number of amides is 1. The van der Waals surface area contributed by atoms with Crippen LogP contribution in [0.3, 0.4) is 0 Å². The normalized spacial score (nSPS) is 18.2. The summed E-state index contributed by atoms with van der Waals surface area (Å²) in [5.41, 5.74) is 7.38. The lowest BCUT2D eigenvalue weighted by molar-refractivity contribution is -0.122. The van der Waals surface area contributed by atoms with Gasteiger partial charge in [-0.2, -0.15) is 0 Å². The summed E-state index contributed by atoms with van der Waals surface area (Å²) in [5, 5.41) is 0. The van der Waals surface area contributed by atoms with Gasteiger partial charge in [-0.25, -0.2) is 0 Å². The molecule has 0 fully saturated rings. The van der Waals surface area contributed by atoms with Crippen molar-refractivity contribution in [1.29, 1.82) is 0 Å². The maximum absolute atomic E-state index is 12.0.